The molecule has 0 saturated heterocycles. The van der Waals surface area contributed by atoms with Crippen LogP contribution in [-0.2, 0) is 4.79 Å². The van der Waals surface area contributed by atoms with E-state index < -0.39 is 17.8 Å². The lowest BCUT2D eigenvalue weighted by Gasteiger charge is -2.25. The van der Waals surface area contributed by atoms with E-state index in [1.807, 2.05) is 48.7 Å². The molecule has 0 radical (unpaired) electrons. The van der Waals surface area contributed by atoms with Gasteiger partial charge in [-0.3, -0.25) is 9.59 Å². The Balaban J connectivity index is 1.50. The number of para-hydroxylation sites is 1. The van der Waals surface area contributed by atoms with Crippen molar-refractivity contribution in [1.29, 1.82) is 0 Å². The molecule has 7 heteroatoms. The third kappa shape index (κ3) is 3.41. The second-order valence-electron chi connectivity index (χ2n) is 7.38. The van der Waals surface area contributed by atoms with Crippen molar-refractivity contribution < 1.29 is 14.0 Å². The summed E-state index contributed by atoms with van der Waals surface area (Å²) < 4.78 is 14.7. The lowest BCUT2D eigenvalue weighted by molar-refractivity contribution is -0.117. The molecule has 0 saturated carbocycles. The van der Waals surface area contributed by atoms with Gasteiger partial charge in [-0.25, -0.2) is 4.39 Å². The third-order valence-corrected chi connectivity index (χ3v) is 5.99. The number of aromatic amines is 1. The van der Waals surface area contributed by atoms with Crippen LogP contribution in [0.5, 0.6) is 0 Å². The first-order valence-electron chi connectivity index (χ1n) is 9.74. The summed E-state index contributed by atoms with van der Waals surface area (Å²) >= 11 is 3.20. The van der Waals surface area contributed by atoms with E-state index in [2.05, 4.69) is 26.2 Å². The Labute approximate surface area is 186 Å². The number of amides is 2. The number of hydrogen-bond acceptors (Lipinski definition) is 2. The first kappa shape index (κ1) is 19.5. The molecule has 1 aliphatic heterocycles. The normalized spacial score (nSPS) is 15.4. The minimum absolute atomic E-state index is 0.0704. The van der Waals surface area contributed by atoms with E-state index in [9.17, 15) is 14.0 Å². The maximum atomic E-state index is 14.2. The number of benzene rings is 3. The van der Waals surface area contributed by atoms with Crippen molar-refractivity contribution in [3.63, 3.8) is 0 Å². The van der Waals surface area contributed by atoms with Crippen LogP contribution in [0.15, 0.2) is 77.4 Å². The fourth-order valence-electron chi connectivity index (χ4n) is 4.12. The van der Waals surface area contributed by atoms with Gasteiger partial charge in [-0.05, 0) is 35.9 Å². The highest BCUT2D eigenvalue weighted by molar-refractivity contribution is 9.10. The molecule has 1 aliphatic rings. The summed E-state index contributed by atoms with van der Waals surface area (Å²) in [6.07, 6.45) is 1.88. The van der Waals surface area contributed by atoms with Gasteiger partial charge in [0.25, 0.3) is 5.91 Å². The Bertz CT molecular complexity index is 1330. The number of nitrogens with one attached hydrogen (secondary N) is 2. The maximum absolute atomic E-state index is 14.2. The van der Waals surface area contributed by atoms with Gasteiger partial charge in [0, 0.05) is 32.7 Å². The van der Waals surface area contributed by atoms with E-state index in [-0.39, 0.29) is 18.1 Å². The van der Waals surface area contributed by atoms with Crippen LogP contribution < -0.4 is 5.32 Å². The van der Waals surface area contributed by atoms with Crippen molar-refractivity contribution in [2.24, 2.45) is 0 Å². The summed E-state index contributed by atoms with van der Waals surface area (Å²) in [6.45, 7) is -0.201. The Morgan fingerprint density at radius 3 is 2.68 bits per heavy atom. The average Bonchev–Trinajstić information content (AvgIpc) is 3.30. The van der Waals surface area contributed by atoms with Gasteiger partial charge in [0.15, 0.2) is 0 Å². The second kappa shape index (κ2) is 7.67. The van der Waals surface area contributed by atoms with Gasteiger partial charge >= 0.3 is 0 Å². The zero-order chi connectivity index (χ0) is 21.5. The van der Waals surface area contributed by atoms with Crippen molar-refractivity contribution in [3.8, 4) is 0 Å². The number of halogens is 2. The van der Waals surface area contributed by atoms with Crippen LogP contribution in [0.3, 0.4) is 0 Å². The summed E-state index contributed by atoms with van der Waals surface area (Å²) in [5, 5.41) is 3.57. The summed E-state index contributed by atoms with van der Waals surface area (Å²) in [5.74, 6) is -1.24. The van der Waals surface area contributed by atoms with Crippen molar-refractivity contribution >= 4 is 44.3 Å². The Morgan fingerprint density at radius 1 is 1.06 bits per heavy atom. The molecule has 2 amide bonds. The van der Waals surface area contributed by atoms with E-state index in [0.29, 0.717) is 10.0 Å². The fraction of sp³-hybridized carbons (Fsp3) is 0.0833. The number of nitrogens with zero attached hydrogens (tertiary/aromatic N) is 1. The molecule has 0 spiro atoms. The molecule has 2 heterocycles. The van der Waals surface area contributed by atoms with Crippen LogP contribution in [0.4, 0.5) is 10.1 Å². The number of carbonyl (C=O) groups is 2. The molecular weight excluding hydrogens is 461 g/mol. The smallest absolute Gasteiger partial charge is 0.255 e. The van der Waals surface area contributed by atoms with Crippen LogP contribution in [0.2, 0.25) is 0 Å². The zero-order valence-electron chi connectivity index (χ0n) is 16.2. The topological polar surface area (TPSA) is 65.2 Å². The highest BCUT2D eigenvalue weighted by atomic mass is 79.9. The van der Waals surface area contributed by atoms with Gasteiger partial charge in [-0.2, -0.15) is 0 Å². The molecule has 2 N–H and O–H groups in total. The van der Waals surface area contributed by atoms with Crippen LogP contribution >= 0.6 is 15.9 Å². The van der Waals surface area contributed by atoms with Gasteiger partial charge in [0.2, 0.25) is 5.91 Å². The van der Waals surface area contributed by atoms with Gasteiger partial charge in [0.1, 0.15) is 12.4 Å². The average molecular weight is 478 g/mol. The van der Waals surface area contributed by atoms with E-state index in [1.165, 1.54) is 17.0 Å². The first-order valence-corrected chi connectivity index (χ1v) is 10.5. The second-order valence-corrected chi connectivity index (χ2v) is 8.30. The number of aromatic nitrogens is 1. The summed E-state index contributed by atoms with van der Waals surface area (Å²) in [4.78, 5) is 30.8. The van der Waals surface area contributed by atoms with Crippen LogP contribution in [0.1, 0.15) is 27.5 Å². The standard InChI is InChI=1S/C24H17BrFN3O2/c25-14-9-10-21(19(26)11-14)28-22(30)13-29-23(16-6-1-2-7-17(16)24(29)31)18-12-27-20-8-4-3-5-15(18)20/h1-12,23,27H,13H2,(H,28,30). The van der Waals surface area contributed by atoms with E-state index in [4.69, 9.17) is 0 Å². The molecule has 5 nitrogen and oxygen atoms in total. The predicted octanol–water partition coefficient (Wildman–Crippen LogP) is 5.25. The van der Waals surface area contributed by atoms with Gasteiger partial charge in [0.05, 0.1) is 11.7 Å². The molecule has 5 rings (SSSR count). The van der Waals surface area contributed by atoms with Crippen LogP contribution in [-0.4, -0.2) is 28.2 Å². The summed E-state index contributed by atoms with van der Waals surface area (Å²) in [5.41, 5.74) is 3.36. The number of hydrogen-bond donors (Lipinski definition) is 2. The molecule has 31 heavy (non-hydrogen) atoms. The Morgan fingerprint density at radius 2 is 1.84 bits per heavy atom. The molecule has 1 unspecified atom stereocenters. The van der Waals surface area contributed by atoms with Crippen molar-refractivity contribution in [1.82, 2.24) is 9.88 Å². The number of rotatable bonds is 4. The Hall–Kier alpha value is -3.45. The van der Waals surface area contributed by atoms with Crippen LogP contribution in [0.25, 0.3) is 10.9 Å². The number of anilines is 1. The van der Waals surface area contributed by atoms with Gasteiger partial charge < -0.3 is 15.2 Å². The van der Waals surface area contributed by atoms with E-state index in [1.54, 1.807) is 12.1 Å². The molecule has 0 aliphatic carbocycles. The number of H-pyrrole nitrogens is 1. The largest absolute Gasteiger partial charge is 0.361 e. The molecule has 0 fully saturated rings. The highest BCUT2D eigenvalue weighted by Crippen LogP contribution is 2.40. The summed E-state index contributed by atoms with van der Waals surface area (Å²) in [7, 11) is 0. The molecule has 1 aromatic heterocycles. The van der Waals surface area contributed by atoms with Crippen molar-refractivity contribution in [2.75, 3.05) is 11.9 Å². The van der Waals surface area contributed by atoms with E-state index in [0.717, 1.165) is 22.0 Å². The van der Waals surface area contributed by atoms with E-state index >= 15 is 0 Å². The lowest BCUT2D eigenvalue weighted by atomic mass is 9.97. The van der Waals surface area contributed by atoms with Crippen molar-refractivity contribution in [2.45, 2.75) is 6.04 Å². The lowest BCUT2D eigenvalue weighted by Crippen LogP contribution is -2.36. The first-order chi connectivity index (χ1) is 15.0. The zero-order valence-corrected chi connectivity index (χ0v) is 17.8. The van der Waals surface area contributed by atoms with Crippen molar-refractivity contribution in [3.05, 3.63) is 99.9 Å². The SMILES string of the molecule is O=C(CN1C(=O)c2ccccc2C1c1c[nH]c2ccccc12)Nc1ccc(Br)cc1F. The number of carbonyl (C=O) groups excluding carboxylic acids is 2. The molecule has 154 valence electrons. The van der Waals surface area contributed by atoms with Gasteiger partial charge in [-0.1, -0.05) is 52.3 Å². The third-order valence-electron chi connectivity index (χ3n) is 5.49. The van der Waals surface area contributed by atoms with Gasteiger partial charge in [-0.15, -0.1) is 0 Å². The molecular formula is C24H17BrFN3O2. The molecule has 4 aromatic rings. The minimum atomic E-state index is -0.549. The molecule has 1 atom stereocenters. The minimum Gasteiger partial charge on any atom is -0.361 e. The molecule has 3 aromatic carbocycles. The number of fused-ring (bicyclic) bond motifs is 2. The quantitative estimate of drug-likeness (QED) is 0.421. The highest BCUT2D eigenvalue weighted by Gasteiger charge is 2.39. The van der Waals surface area contributed by atoms with Crippen LogP contribution in [0, 0.1) is 5.82 Å². The fourth-order valence-corrected chi connectivity index (χ4v) is 4.46. The summed E-state index contributed by atoms with van der Waals surface area (Å²) in [6, 6.07) is 19.2. The predicted molar refractivity (Wildman–Crippen MR) is 120 cm³/mol. The molecule has 0 bridgehead atoms. The Kier molecular flexibility index (Phi) is 4.82. The maximum Gasteiger partial charge on any atom is 0.255 e. The monoisotopic (exact) mass is 477 g/mol.